The molecule has 0 saturated carbocycles. The number of aromatic nitrogens is 3. The van der Waals surface area contributed by atoms with Crippen molar-refractivity contribution in [2.24, 2.45) is 0 Å². The van der Waals surface area contributed by atoms with Crippen LogP contribution < -0.4 is 16.6 Å². The minimum absolute atomic E-state index is 0.000321. The summed E-state index contributed by atoms with van der Waals surface area (Å²) >= 11 is 1.42. The fraction of sp³-hybridized carbons (Fsp3) is 0.0625. The van der Waals surface area contributed by atoms with Gasteiger partial charge in [0, 0.05) is 11.6 Å². The number of aryl methyl sites for hydroxylation is 1. The molecule has 25 heavy (non-hydrogen) atoms. The van der Waals surface area contributed by atoms with Crippen molar-refractivity contribution in [1.29, 1.82) is 0 Å². The summed E-state index contributed by atoms with van der Waals surface area (Å²) in [5, 5.41) is 11.7. The van der Waals surface area contributed by atoms with Gasteiger partial charge in [0.05, 0.1) is 16.8 Å². The van der Waals surface area contributed by atoms with Crippen LogP contribution in [0.5, 0.6) is 0 Å². The van der Waals surface area contributed by atoms with E-state index in [9.17, 15) is 14.4 Å². The summed E-state index contributed by atoms with van der Waals surface area (Å²) in [5.74, 6) is -1.30. The van der Waals surface area contributed by atoms with Crippen LogP contribution >= 0.6 is 11.3 Å². The molecule has 2 amide bonds. The van der Waals surface area contributed by atoms with Crippen LogP contribution in [0, 0.1) is 6.92 Å². The summed E-state index contributed by atoms with van der Waals surface area (Å²) < 4.78 is 1.20. The van der Waals surface area contributed by atoms with E-state index in [1.54, 1.807) is 18.2 Å². The smallest absolute Gasteiger partial charge is 0.262 e. The number of carbonyl (C=O) groups is 2. The normalized spacial score (nSPS) is 13.0. The number of amides is 2. The summed E-state index contributed by atoms with van der Waals surface area (Å²) in [5.41, 5.74) is 6.81. The number of hydrogen-bond acceptors (Lipinski definition) is 7. The van der Waals surface area contributed by atoms with Gasteiger partial charge in [0.2, 0.25) is 0 Å². The number of nitrogen functional groups attached to an aromatic ring is 1. The Labute approximate surface area is 144 Å². The average Bonchev–Trinajstić information content (AvgIpc) is 3.12. The molecule has 4 rings (SSSR count). The predicted molar refractivity (Wildman–Crippen MR) is 91.9 cm³/mol. The molecule has 1 aliphatic heterocycles. The van der Waals surface area contributed by atoms with Crippen LogP contribution in [0.3, 0.4) is 0 Å². The van der Waals surface area contributed by atoms with Crippen LogP contribution in [0.2, 0.25) is 0 Å². The zero-order chi connectivity index (χ0) is 17.7. The Hall–Kier alpha value is -3.33. The Morgan fingerprint density at radius 2 is 1.92 bits per heavy atom. The Balaban J connectivity index is 1.92. The summed E-state index contributed by atoms with van der Waals surface area (Å²) in [6, 6.07) is 8.14. The maximum atomic E-state index is 12.5. The second-order valence-electron chi connectivity index (χ2n) is 5.45. The molecular weight excluding hydrogens is 342 g/mol. The molecule has 2 aromatic heterocycles. The number of nitrogens with one attached hydrogen (secondary N) is 1. The SMILES string of the molecule is Cc1nnc(-c2cccc(-n3c(N)c4c(cc3=O)C(=O)NC4=O)c2)s1. The number of hydrogen-bond donors (Lipinski definition) is 2. The van der Waals surface area contributed by atoms with E-state index in [4.69, 9.17) is 5.73 Å². The number of rotatable bonds is 2. The molecule has 0 atom stereocenters. The molecule has 3 aromatic rings. The highest BCUT2D eigenvalue weighted by Gasteiger charge is 2.31. The minimum Gasteiger partial charge on any atom is -0.384 e. The summed E-state index contributed by atoms with van der Waals surface area (Å²) in [7, 11) is 0. The molecule has 9 heteroatoms. The van der Waals surface area contributed by atoms with Crippen LogP contribution in [0.15, 0.2) is 35.1 Å². The average molecular weight is 353 g/mol. The number of imide groups is 1. The van der Waals surface area contributed by atoms with Crippen molar-refractivity contribution in [1.82, 2.24) is 20.1 Å². The molecule has 3 heterocycles. The van der Waals surface area contributed by atoms with E-state index < -0.39 is 17.4 Å². The van der Waals surface area contributed by atoms with E-state index in [2.05, 4.69) is 15.5 Å². The summed E-state index contributed by atoms with van der Waals surface area (Å²) in [6.07, 6.45) is 0. The van der Waals surface area contributed by atoms with Crippen molar-refractivity contribution in [3.63, 3.8) is 0 Å². The third kappa shape index (κ3) is 2.32. The summed E-state index contributed by atoms with van der Waals surface area (Å²) in [6.45, 7) is 1.85. The number of benzene rings is 1. The Bertz CT molecular complexity index is 1120. The Kier molecular flexibility index (Phi) is 3.25. The second-order valence-corrected chi connectivity index (χ2v) is 6.63. The third-order valence-corrected chi connectivity index (χ3v) is 4.72. The molecular formula is C16H11N5O3S. The fourth-order valence-corrected chi connectivity index (χ4v) is 3.42. The van der Waals surface area contributed by atoms with Crippen molar-refractivity contribution in [2.75, 3.05) is 5.73 Å². The molecule has 1 aliphatic rings. The molecule has 0 aliphatic carbocycles. The lowest BCUT2D eigenvalue weighted by Crippen LogP contribution is -2.24. The van der Waals surface area contributed by atoms with Gasteiger partial charge in [-0.25, -0.2) is 0 Å². The summed E-state index contributed by atoms with van der Waals surface area (Å²) in [4.78, 5) is 36.1. The number of carbonyl (C=O) groups excluding carboxylic acids is 2. The zero-order valence-electron chi connectivity index (χ0n) is 12.9. The highest BCUT2D eigenvalue weighted by molar-refractivity contribution is 7.14. The lowest BCUT2D eigenvalue weighted by atomic mass is 10.1. The van der Waals surface area contributed by atoms with E-state index in [1.165, 1.54) is 15.9 Å². The van der Waals surface area contributed by atoms with Crippen LogP contribution in [0.25, 0.3) is 16.3 Å². The number of nitrogens with zero attached hydrogens (tertiary/aromatic N) is 3. The van der Waals surface area contributed by atoms with Gasteiger partial charge in [-0.3, -0.25) is 24.3 Å². The zero-order valence-corrected chi connectivity index (χ0v) is 13.8. The molecule has 0 unspecified atom stereocenters. The van der Waals surface area contributed by atoms with Gasteiger partial charge >= 0.3 is 0 Å². The lowest BCUT2D eigenvalue weighted by Gasteiger charge is -2.12. The van der Waals surface area contributed by atoms with Gasteiger partial charge in [0.25, 0.3) is 17.4 Å². The van der Waals surface area contributed by atoms with E-state index in [0.29, 0.717) is 10.7 Å². The van der Waals surface area contributed by atoms with Gasteiger partial charge < -0.3 is 5.73 Å². The van der Waals surface area contributed by atoms with Gasteiger partial charge in [-0.1, -0.05) is 23.5 Å². The van der Waals surface area contributed by atoms with Gasteiger partial charge in [-0.15, -0.1) is 10.2 Å². The molecule has 0 bridgehead atoms. The first-order valence-corrected chi connectivity index (χ1v) is 8.09. The first-order chi connectivity index (χ1) is 12.0. The van der Waals surface area contributed by atoms with Gasteiger partial charge in [0.1, 0.15) is 15.8 Å². The molecule has 0 radical (unpaired) electrons. The monoisotopic (exact) mass is 353 g/mol. The molecule has 124 valence electrons. The first kappa shape index (κ1) is 15.2. The molecule has 0 fully saturated rings. The quantitative estimate of drug-likeness (QED) is 0.666. The van der Waals surface area contributed by atoms with E-state index in [1.807, 2.05) is 13.0 Å². The molecule has 1 aromatic carbocycles. The van der Waals surface area contributed by atoms with Gasteiger partial charge in [-0.05, 0) is 19.1 Å². The Morgan fingerprint density at radius 1 is 1.12 bits per heavy atom. The van der Waals surface area contributed by atoms with Crippen molar-refractivity contribution >= 4 is 29.0 Å². The predicted octanol–water partition coefficient (Wildman–Crippen LogP) is 1.13. The van der Waals surface area contributed by atoms with Crippen molar-refractivity contribution in [3.8, 4) is 16.3 Å². The van der Waals surface area contributed by atoms with Crippen LogP contribution in [0.4, 0.5) is 5.82 Å². The first-order valence-electron chi connectivity index (χ1n) is 7.28. The second kappa shape index (κ2) is 5.35. The maximum absolute atomic E-state index is 12.5. The Morgan fingerprint density at radius 3 is 2.64 bits per heavy atom. The lowest BCUT2D eigenvalue weighted by molar-refractivity contribution is 0.0880. The maximum Gasteiger partial charge on any atom is 0.262 e. The number of fused-ring (bicyclic) bond motifs is 1. The molecule has 8 nitrogen and oxygen atoms in total. The minimum atomic E-state index is -0.617. The van der Waals surface area contributed by atoms with Crippen molar-refractivity contribution < 1.29 is 9.59 Å². The number of pyridine rings is 1. The number of nitrogens with two attached hydrogens (primary N) is 1. The molecule has 0 saturated heterocycles. The van der Waals surface area contributed by atoms with Crippen LogP contribution in [-0.4, -0.2) is 26.6 Å². The fourth-order valence-electron chi connectivity index (χ4n) is 2.74. The molecule has 3 N–H and O–H groups in total. The van der Waals surface area contributed by atoms with E-state index in [0.717, 1.165) is 16.6 Å². The van der Waals surface area contributed by atoms with Crippen LogP contribution in [0.1, 0.15) is 25.7 Å². The highest BCUT2D eigenvalue weighted by Crippen LogP contribution is 2.27. The van der Waals surface area contributed by atoms with Gasteiger partial charge in [-0.2, -0.15) is 0 Å². The topological polar surface area (TPSA) is 120 Å². The standard InChI is InChI=1S/C16H11N5O3S/c1-7-19-20-16(25-7)8-3-2-4-9(5-8)21-11(22)6-10-12(13(21)17)15(24)18-14(10)23/h2-6H,17H2,1H3,(H,18,23,24). The van der Waals surface area contributed by atoms with Gasteiger partial charge in [0.15, 0.2) is 0 Å². The van der Waals surface area contributed by atoms with E-state index >= 15 is 0 Å². The van der Waals surface area contributed by atoms with Crippen LogP contribution in [-0.2, 0) is 0 Å². The van der Waals surface area contributed by atoms with E-state index in [-0.39, 0.29) is 16.9 Å². The van der Waals surface area contributed by atoms with Crippen molar-refractivity contribution in [2.45, 2.75) is 6.92 Å². The van der Waals surface area contributed by atoms with Crippen molar-refractivity contribution in [3.05, 3.63) is 56.8 Å². The highest BCUT2D eigenvalue weighted by atomic mass is 32.1. The number of anilines is 1. The third-order valence-electron chi connectivity index (χ3n) is 3.83. The largest absolute Gasteiger partial charge is 0.384 e. The molecule has 0 spiro atoms.